The Balaban J connectivity index is 2.93. The molecular weight excluding hydrogens is 289 g/mol. The SMILES string of the molecule is CCC(Oc1ccccc1F)C(=O)N(CC(=O)O)C(C)CC. The van der Waals surface area contributed by atoms with Crippen molar-refractivity contribution in [3.05, 3.63) is 30.1 Å². The number of benzene rings is 1. The predicted octanol–water partition coefficient (Wildman–Crippen LogP) is 2.69. The van der Waals surface area contributed by atoms with E-state index in [9.17, 15) is 14.0 Å². The average molecular weight is 311 g/mol. The molecule has 0 fully saturated rings. The molecule has 22 heavy (non-hydrogen) atoms. The fourth-order valence-electron chi connectivity index (χ4n) is 2.00. The van der Waals surface area contributed by atoms with Crippen molar-refractivity contribution in [3.63, 3.8) is 0 Å². The summed E-state index contributed by atoms with van der Waals surface area (Å²) in [7, 11) is 0. The molecule has 2 unspecified atom stereocenters. The molecule has 0 aromatic heterocycles. The lowest BCUT2D eigenvalue weighted by Crippen LogP contribution is -2.48. The molecular formula is C16H22FNO4. The molecule has 5 nitrogen and oxygen atoms in total. The van der Waals surface area contributed by atoms with Gasteiger partial charge < -0.3 is 14.7 Å². The number of halogens is 1. The molecule has 0 saturated carbocycles. The molecule has 1 N–H and O–H groups in total. The van der Waals surface area contributed by atoms with E-state index in [0.29, 0.717) is 12.8 Å². The number of ether oxygens (including phenoxy) is 1. The molecule has 0 aliphatic rings. The summed E-state index contributed by atoms with van der Waals surface area (Å²) in [5.74, 6) is -2.10. The first-order chi connectivity index (χ1) is 10.4. The first-order valence-electron chi connectivity index (χ1n) is 7.34. The van der Waals surface area contributed by atoms with Gasteiger partial charge in [-0.2, -0.15) is 0 Å². The zero-order valence-electron chi connectivity index (χ0n) is 13.1. The Hall–Kier alpha value is -2.11. The normalized spacial score (nSPS) is 13.3. The summed E-state index contributed by atoms with van der Waals surface area (Å²) in [6.45, 7) is 4.98. The Morgan fingerprint density at radius 1 is 1.27 bits per heavy atom. The lowest BCUT2D eigenvalue weighted by Gasteiger charge is -2.30. The van der Waals surface area contributed by atoms with Gasteiger partial charge in [-0.15, -0.1) is 0 Å². The zero-order valence-corrected chi connectivity index (χ0v) is 13.1. The molecule has 1 aromatic carbocycles. The van der Waals surface area contributed by atoms with Crippen molar-refractivity contribution in [1.82, 2.24) is 4.90 Å². The van der Waals surface area contributed by atoms with Gasteiger partial charge in [-0.1, -0.05) is 26.0 Å². The van der Waals surface area contributed by atoms with Crippen LogP contribution in [0.15, 0.2) is 24.3 Å². The second-order valence-corrected chi connectivity index (χ2v) is 5.06. The van der Waals surface area contributed by atoms with Crippen molar-refractivity contribution in [2.45, 2.75) is 45.8 Å². The van der Waals surface area contributed by atoms with Crippen LogP contribution in [0.4, 0.5) is 4.39 Å². The third kappa shape index (κ3) is 4.72. The van der Waals surface area contributed by atoms with Crippen LogP contribution in [0.2, 0.25) is 0 Å². The van der Waals surface area contributed by atoms with Crippen molar-refractivity contribution in [2.24, 2.45) is 0 Å². The van der Waals surface area contributed by atoms with Crippen LogP contribution in [0.1, 0.15) is 33.6 Å². The van der Waals surface area contributed by atoms with Crippen LogP contribution in [0.5, 0.6) is 5.75 Å². The van der Waals surface area contributed by atoms with Crippen LogP contribution in [0.25, 0.3) is 0 Å². The summed E-state index contributed by atoms with van der Waals surface area (Å²) in [4.78, 5) is 24.8. The molecule has 0 radical (unpaired) electrons. The largest absolute Gasteiger partial charge is 0.480 e. The van der Waals surface area contributed by atoms with Gasteiger partial charge in [-0.3, -0.25) is 9.59 Å². The Morgan fingerprint density at radius 2 is 1.91 bits per heavy atom. The molecule has 0 spiro atoms. The Bertz CT molecular complexity index is 521. The monoisotopic (exact) mass is 311 g/mol. The van der Waals surface area contributed by atoms with Gasteiger partial charge in [0.15, 0.2) is 17.7 Å². The highest BCUT2D eigenvalue weighted by Crippen LogP contribution is 2.19. The summed E-state index contributed by atoms with van der Waals surface area (Å²) in [6.07, 6.45) is 0.0276. The van der Waals surface area contributed by atoms with Gasteiger partial charge in [-0.05, 0) is 31.9 Å². The van der Waals surface area contributed by atoms with Gasteiger partial charge >= 0.3 is 5.97 Å². The molecule has 0 heterocycles. The topological polar surface area (TPSA) is 66.8 Å². The van der Waals surface area contributed by atoms with Crippen LogP contribution in [0, 0.1) is 5.82 Å². The van der Waals surface area contributed by atoms with Crippen LogP contribution < -0.4 is 4.74 Å². The maximum absolute atomic E-state index is 13.6. The first-order valence-corrected chi connectivity index (χ1v) is 7.34. The molecule has 0 saturated heterocycles. The number of nitrogens with zero attached hydrogens (tertiary/aromatic N) is 1. The smallest absolute Gasteiger partial charge is 0.323 e. The minimum absolute atomic E-state index is 0.0119. The number of carbonyl (C=O) groups excluding carboxylic acids is 1. The highest BCUT2D eigenvalue weighted by Gasteiger charge is 2.29. The van der Waals surface area contributed by atoms with Gasteiger partial charge in [0.1, 0.15) is 6.54 Å². The van der Waals surface area contributed by atoms with Gasteiger partial charge in [0.25, 0.3) is 5.91 Å². The van der Waals surface area contributed by atoms with Crippen molar-refractivity contribution in [1.29, 1.82) is 0 Å². The van der Waals surface area contributed by atoms with E-state index in [4.69, 9.17) is 9.84 Å². The van der Waals surface area contributed by atoms with Gasteiger partial charge in [0, 0.05) is 6.04 Å². The molecule has 0 aliphatic carbocycles. The van der Waals surface area contributed by atoms with E-state index in [-0.39, 0.29) is 11.8 Å². The summed E-state index contributed by atoms with van der Waals surface area (Å²) in [5, 5.41) is 8.97. The van der Waals surface area contributed by atoms with E-state index in [1.54, 1.807) is 19.9 Å². The highest BCUT2D eigenvalue weighted by atomic mass is 19.1. The lowest BCUT2D eigenvalue weighted by molar-refractivity contribution is -0.150. The number of hydrogen-bond donors (Lipinski definition) is 1. The van der Waals surface area contributed by atoms with Crippen molar-refractivity contribution in [3.8, 4) is 5.75 Å². The molecule has 6 heteroatoms. The number of rotatable bonds is 8. The van der Waals surface area contributed by atoms with E-state index in [0.717, 1.165) is 0 Å². The molecule has 2 atom stereocenters. The summed E-state index contributed by atoms with van der Waals surface area (Å²) < 4.78 is 19.1. The number of carbonyl (C=O) groups is 2. The van der Waals surface area contributed by atoms with Crippen LogP contribution in [-0.4, -0.2) is 40.6 Å². The first kappa shape index (κ1) is 17.9. The molecule has 1 amide bonds. The van der Waals surface area contributed by atoms with Crippen LogP contribution >= 0.6 is 0 Å². The minimum Gasteiger partial charge on any atom is -0.480 e. The quantitative estimate of drug-likeness (QED) is 0.801. The Morgan fingerprint density at radius 3 is 2.41 bits per heavy atom. The third-order valence-electron chi connectivity index (χ3n) is 3.46. The lowest BCUT2D eigenvalue weighted by atomic mass is 10.1. The van der Waals surface area contributed by atoms with Crippen molar-refractivity contribution in [2.75, 3.05) is 6.54 Å². The average Bonchev–Trinajstić information content (AvgIpc) is 2.50. The Kier molecular flexibility index (Phi) is 6.82. The maximum Gasteiger partial charge on any atom is 0.323 e. The van der Waals surface area contributed by atoms with E-state index in [1.807, 2.05) is 6.92 Å². The summed E-state index contributed by atoms with van der Waals surface area (Å²) in [6, 6.07) is 5.59. The minimum atomic E-state index is -1.09. The molecule has 1 rings (SSSR count). The van der Waals surface area contributed by atoms with Crippen molar-refractivity contribution >= 4 is 11.9 Å². The number of para-hydroxylation sites is 1. The standard InChI is InChI=1S/C16H22FNO4/c1-4-11(3)18(10-15(19)20)16(21)13(5-2)22-14-9-7-6-8-12(14)17/h6-9,11,13H,4-5,10H2,1-3H3,(H,19,20). The predicted molar refractivity (Wildman–Crippen MR) is 80.2 cm³/mol. The van der Waals surface area contributed by atoms with E-state index < -0.39 is 30.3 Å². The zero-order chi connectivity index (χ0) is 16.7. The number of aliphatic carboxylic acids is 1. The van der Waals surface area contributed by atoms with Gasteiger partial charge in [0.05, 0.1) is 0 Å². The van der Waals surface area contributed by atoms with E-state index in [1.165, 1.54) is 23.1 Å². The third-order valence-corrected chi connectivity index (χ3v) is 3.46. The number of amides is 1. The van der Waals surface area contributed by atoms with E-state index in [2.05, 4.69) is 0 Å². The van der Waals surface area contributed by atoms with E-state index >= 15 is 0 Å². The number of carboxylic acid groups (broad SMARTS) is 1. The number of carboxylic acids is 1. The highest BCUT2D eigenvalue weighted by molar-refractivity contribution is 5.85. The molecule has 0 aliphatic heterocycles. The fraction of sp³-hybridized carbons (Fsp3) is 0.500. The van der Waals surface area contributed by atoms with Gasteiger partial charge in [-0.25, -0.2) is 4.39 Å². The second kappa shape index (κ2) is 8.36. The molecule has 122 valence electrons. The fourth-order valence-corrected chi connectivity index (χ4v) is 2.00. The molecule has 0 bridgehead atoms. The van der Waals surface area contributed by atoms with Crippen LogP contribution in [-0.2, 0) is 9.59 Å². The van der Waals surface area contributed by atoms with Crippen molar-refractivity contribution < 1.29 is 23.8 Å². The molecule has 1 aromatic rings. The second-order valence-electron chi connectivity index (χ2n) is 5.06. The number of hydrogen-bond acceptors (Lipinski definition) is 3. The maximum atomic E-state index is 13.6. The van der Waals surface area contributed by atoms with Crippen LogP contribution in [0.3, 0.4) is 0 Å². The van der Waals surface area contributed by atoms with Gasteiger partial charge in [0.2, 0.25) is 0 Å². The summed E-state index contributed by atoms with van der Waals surface area (Å²) >= 11 is 0. The Labute approximate surface area is 129 Å². The summed E-state index contributed by atoms with van der Waals surface area (Å²) in [5.41, 5.74) is 0.